The second-order valence-electron chi connectivity index (χ2n) is 12.1. The molecule has 0 spiro atoms. The van der Waals surface area contributed by atoms with E-state index in [0.29, 0.717) is 39.1 Å². The summed E-state index contributed by atoms with van der Waals surface area (Å²) in [5.41, 5.74) is -2.54. The van der Waals surface area contributed by atoms with Crippen LogP contribution < -0.4 is 5.32 Å². The fraction of sp³-hybridized carbons (Fsp3) is 0.920. The number of ether oxygens (including phenoxy) is 3. The molecule has 4 aliphatic rings. The molecule has 4 rings (SSSR count). The van der Waals surface area contributed by atoms with E-state index in [1.807, 2.05) is 25.7 Å². The van der Waals surface area contributed by atoms with Gasteiger partial charge in [-0.15, -0.1) is 0 Å². The summed E-state index contributed by atoms with van der Waals surface area (Å²) in [6, 6.07) is 0.267. The van der Waals surface area contributed by atoms with Crippen LogP contribution >= 0.6 is 0 Å². The Bertz CT molecular complexity index is 778. The Morgan fingerprint density at radius 2 is 1.76 bits per heavy atom. The molecule has 9 nitrogen and oxygen atoms in total. The molecule has 0 aromatic carbocycles. The molecule has 3 saturated heterocycles. The van der Waals surface area contributed by atoms with Gasteiger partial charge in [0.2, 0.25) is 5.91 Å². The summed E-state index contributed by atoms with van der Waals surface area (Å²) in [5, 5.41) is 15.0. The van der Waals surface area contributed by atoms with E-state index >= 15 is 0 Å². The zero-order chi connectivity index (χ0) is 24.9. The maximum atomic E-state index is 14.0. The molecular weight excluding hydrogens is 438 g/mol. The fourth-order valence-corrected chi connectivity index (χ4v) is 6.37. The Balaban J connectivity index is 1.43. The Labute approximate surface area is 203 Å². The number of likely N-dealkylation sites (tertiary alicyclic amines) is 2. The monoisotopic (exact) mass is 481 g/mol. The summed E-state index contributed by atoms with van der Waals surface area (Å²) in [5.74, 6) is 0.0240. The molecule has 0 aromatic rings. The minimum absolute atomic E-state index is 0.00487. The zero-order valence-corrected chi connectivity index (χ0v) is 21.6. The lowest BCUT2D eigenvalue weighted by Crippen LogP contribution is -2.59. The molecule has 0 radical (unpaired) electrons. The summed E-state index contributed by atoms with van der Waals surface area (Å²) < 4.78 is 16.7. The van der Waals surface area contributed by atoms with Crippen molar-refractivity contribution in [3.8, 4) is 0 Å². The number of carbonyl (C=O) groups excluding carboxylic acids is 2. The average molecular weight is 482 g/mol. The van der Waals surface area contributed by atoms with Crippen LogP contribution in [0.2, 0.25) is 0 Å². The normalized spacial score (nSPS) is 36.3. The molecule has 2 N–H and O–H groups in total. The standard InChI is InChI=1S/C25H43N3O6/c1-23(2,3)34-22(30)28-14-17-11-18(28)13-27(17)21(29)25(24(4,5)31)9-7-16(12-25)26-19-8-10-33-15-20(19)32-6/h16-20,26,31H,7-15H2,1-6H3/t16-,17+,18+,19+,20-,25-/m1/s1. The number of carbonyl (C=O) groups is 2. The van der Waals surface area contributed by atoms with Gasteiger partial charge in [-0.2, -0.15) is 0 Å². The second-order valence-corrected chi connectivity index (χ2v) is 12.1. The Hall–Kier alpha value is -1.42. The van der Waals surface area contributed by atoms with E-state index in [0.717, 1.165) is 19.3 Å². The molecule has 0 unspecified atom stereocenters. The fourth-order valence-electron chi connectivity index (χ4n) is 6.37. The summed E-state index contributed by atoms with van der Waals surface area (Å²) in [7, 11) is 1.70. The largest absolute Gasteiger partial charge is 0.444 e. The van der Waals surface area contributed by atoms with Crippen LogP contribution in [0.15, 0.2) is 0 Å². The van der Waals surface area contributed by atoms with Crippen LogP contribution in [0.25, 0.3) is 0 Å². The SMILES string of the molecule is CO[C@@H]1COCC[C@@H]1N[C@@H]1CC[C@@](C(=O)N2C[C@@H]3C[C@H]2CN3C(=O)OC(C)(C)C)(C(C)(C)O)C1. The molecule has 3 heterocycles. The van der Waals surface area contributed by atoms with Gasteiger partial charge in [0.05, 0.1) is 35.8 Å². The predicted octanol–water partition coefficient (Wildman–Crippen LogP) is 1.91. The summed E-state index contributed by atoms with van der Waals surface area (Å²) >= 11 is 0. The van der Waals surface area contributed by atoms with Crippen molar-refractivity contribution < 1.29 is 28.9 Å². The van der Waals surface area contributed by atoms with E-state index in [4.69, 9.17) is 14.2 Å². The van der Waals surface area contributed by atoms with Gasteiger partial charge < -0.3 is 34.4 Å². The van der Waals surface area contributed by atoms with Crippen molar-refractivity contribution >= 4 is 12.0 Å². The average Bonchev–Trinajstić information content (AvgIpc) is 3.46. The number of fused-ring (bicyclic) bond motifs is 2. The van der Waals surface area contributed by atoms with Crippen molar-refractivity contribution in [2.24, 2.45) is 5.41 Å². The summed E-state index contributed by atoms with van der Waals surface area (Å²) in [6.07, 6.45) is 3.38. The number of nitrogens with one attached hydrogen (secondary N) is 1. The molecule has 2 bridgehead atoms. The highest BCUT2D eigenvalue weighted by molar-refractivity contribution is 5.86. The molecule has 6 atom stereocenters. The van der Waals surface area contributed by atoms with Gasteiger partial charge in [-0.25, -0.2) is 4.79 Å². The molecular formula is C25H43N3O6. The van der Waals surface area contributed by atoms with Gasteiger partial charge in [-0.3, -0.25) is 4.79 Å². The lowest BCUT2D eigenvalue weighted by Gasteiger charge is -2.45. The molecule has 194 valence electrons. The molecule has 3 aliphatic heterocycles. The molecule has 1 aliphatic carbocycles. The highest BCUT2D eigenvalue weighted by atomic mass is 16.6. The van der Waals surface area contributed by atoms with E-state index in [1.165, 1.54) is 0 Å². The number of piperazine rings is 1. The smallest absolute Gasteiger partial charge is 0.410 e. The van der Waals surface area contributed by atoms with Crippen LogP contribution in [-0.2, 0) is 19.0 Å². The van der Waals surface area contributed by atoms with E-state index in [1.54, 1.807) is 25.9 Å². The quantitative estimate of drug-likeness (QED) is 0.619. The number of hydrogen-bond acceptors (Lipinski definition) is 7. The van der Waals surface area contributed by atoms with Gasteiger partial charge in [0.15, 0.2) is 0 Å². The first kappa shape index (κ1) is 25.7. The Morgan fingerprint density at radius 1 is 1.09 bits per heavy atom. The Kier molecular flexibility index (Phi) is 6.96. The molecule has 4 fully saturated rings. The maximum absolute atomic E-state index is 14.0. The van der Waals surface area contributed by atoms with Crippen LogP contribution in [0, 0.1) is 5.41 Å². The Morgan fingerprint density at radius 3 is 2.35 bits per heavy atom. The third-order valence-electron chi connectivity index (χ3n) is 8.28. The number of aliphatic hydroxyl groups is 1. The highest BCUT2D eigenvalue weighted by Gasteiger charge is 2.59. The molecule has 1 saturated carbocycles. The molecule has 0 aromatic heterocycles. The summed E-state index contributed by atoms with van der Waals surface area (Å²) in [4.78, 5) is 30.3. The van der Waals surface area contributed by atoms with Gasteiger partial charge in [-0.05, 0) is 66.7 Å². The number of nitrogens with zero attached hydrogens (tertiary/aromatic N) is 2. The van der Waals surface area contributed by atoms with E-state index in [2.05, 4.69) is 5.32 Å². The third-order valence-corrected chi connectivity index (χ3v) is 8.28. The van der Waals surface area contributed by atoms with E-state index < -0.39 is 16.6 Å². The predicted molar refractivity (Wildman–Crippen MR) is 126 cm³/mol. The number of hydrogen-bond donors (Lipinski definition) is 2. The van der Waals surface area contributed by atoms with Crippen LogP contribution in [0.4, 0.5) is 4.79 Å². The van der Waals surface area contributed by atoms with Crippen LogP contribution in [0.3, 0.4) is 0 Å². The van der Waals surface area contributed by atoms with E-state index in [9.17, 15) is 14.7 Å². The van der Waals surface area contributed by atoms with Gasteiger partial charge in [0.25, 0.3) is 0 Å². The number of methoxy groups -OCH3 is 1. The maximum Gasteiger partial charge on any atom is 0.410 e. The third kappa shape index (κ3) is 4.81. The number of amides is 2. The lowest BCUT2D eigenvalue weighted by atomic mass is 9.70. The lowest BCUT2D eigenvalue weighted by molar-refractivity contribution is -0.160. The van der Waals surface area contributed by atoms with Gasteiger partial charge >= 0.3 is 6.09 Å². The first-order valence-electron chi connectivity index (χ1n) is 12.7. The van der Waals surface area contributed by atoms with Gasteiger partial charge in [0, 0.05) is 38.9 Å². The van der Waals surface area contributed by atoms with Crippen molar-refractivity contribution in [2.45, 2.75) is 108 Å². The summed E-state index contributed by atoms with van der Waals surface area (Å²) in [6.45, 7) is 11.4. The van der Waals surface area contributed by atoms with Crippen molar-refractivity contribution in [3.05, 3.63) is 0 Å². The molecule has 34 heavy (non-hydrogen) atoms. The minimum Gasteiger partial charge on any atom is -0.444 e. The molecule has 9 heteroatoms. The van der Waals surface area contributed by atoms with Crippen molar-refractivity contribution in [1.82, 2.24) is 15.1 Å². The van der Waals surface area contributed by atoms with Crippen LogP contribution in [0.1, 0.15) is 66.7 Å². The highest BCUT2D eigenvalue weighted by Crippen LogP contribution is 2.50. The topological polar surface area (TPSA) is 101 Å². The first-order chi connectivity index (χ1) is 15.8. The molecule has 2 amide bonds. The van der Waals surface area contributed by atoms with Crippen LogP contribution in [-0.4, -0.2) is 102 Å². The van der Waals surface area contributed by atoms with Gasteiger partial charge in [0.1, 0.15) is 5.60 Å². The minimum atomic E-state index is -1.15. The van der Waals surface area contributed by atoms with Crippen molar-refractivity contribution in [3.63, 3.8) is 0 Å². The second kappa shape index (κ2) is 9.22. The van der Waals surface area contributed by atoms with Gasteiger partial charge in [-0.1, -0.05) is 0 Å². The van der Waals surface area contributed by atoms with E-state index in [-0.39, 0.29) is 42.3 Å². The number of rotatable bonds is 5. The first-order valence-corrected chi connectivity index (χ1v) is 12.7. The van der Waals surface area contributed by atoms with Crippen molar-refractivity contribution in [1.29, 1.82) is 0 Å². The van der Waals surface area contributed by atoms with Crippen molar-refractivity contribution in [2.75, 3.05) is 33.4 Å². The zero-order valence-electron chi connectivity index (χ0n) is 21.6. The van der Waals surface area contributed by atoms with Crippen LogP contribution in [0.5, 0.6) is 0 Å².